The molecule has 3 aromatic rings. The number of imidazole rings is 1. The fourth-order valence-electron chi connectivity index (χ4n) is 2.93. The zero-order valence-corrected chi connectivity index (χ0v) is 16.4. The normalized spacial score (nSPS) is 12.1. The van der Waals surface area contributed by atoms with Crippen LogP contribution >= 0.6 is 12.2 Å². The number of carbonyl (C=O) groups excluding carboxylic acids is 1. The summed E-state index contributed by atoms with van der Waals surface area (Å²) in [5.74, 6) is -0.0703. The molecule has 1 amide bonds. The molecular formula is C21H24N4OS. The molecule has 1 heterocycles. The molecule has 6 heteroatoms. The minimum Gasteiger partial charge on any atom is -0.350 e. The van der Waals surface area contributed by atoms with Crippen LogP contribution < -0.4 is 5.32 Å². The van der Waals surface area contributed by atoms with Crippen molar-refractivity contribution in [3.63, 3.8) is 0 Å². The minimum atomic E-state index is -0.0703. The smallest absolute Gasteiger partial charge is 0.251 e. The van der Waals surface area contributed by atoms with E-state index in [2.05, 4.69) is 27.3 Å². The van der Waals surface area contributed by atoms with Gasteiger partial charge >= 0.3 is 0 Å². The van der Waals surface area contributed by atoms with E-state index in [4.69, 9.17) is 12.2 Å². The first-order valence-electron chi connectivity index (χ1n) is 8.89. The number of H-pyrrole nitrogens is 1. The molecule has 140 valence electrons. The number of likely N-dealkylation sites (N-methyl/N-ethyl adjacent to an activating group) is 1. The van der Waals surface area contributed by atoms with Crippen LogP contribution in [0.5, 0.6) is 0 Å². The molecule has 2 aromatic carbocycles. The summed E-state index contributed by atoms with van der Waals surface area (Å²) in [7, 11) is 4.07. The van der Waals surface area contributed by atoms with Crippen LogP contribution in [-0.2, 0) is 6.42 Å². The largest absolute Gasteiger partial charge is 0.350 e. The van der Waals surface area contributed by atoms with Crippen LogP contribution in [0.3, 0.4) is 0 Å². The summed E-state index contributed by atoms with van der Waals surface area (Å²) in [6, 6.07) is 18.0. The van der Waals surface area contributed by atoms with Crippen molar-refractivity contribution in [3.05, 3.63) is 82.9 Å². The molecule has 0 aliphatic rings. The quantitative estimate of drug-likeness (QED) is 0.618. The van der Waals surface area contributed by atoms with E-state index in [9.17, 15) is 4.79 Å². The summed E-state index contributed by atoms with van der Waals surface area (Å²) in [5, 5.41) is 3.05. The molecule has 0 fully saturated rings. The summed E-state index contributed by atoms with van der Waals surface area (Å²) in [6.07, 6.45) is 4.54. The molecule has 1 aromatic heterocycles. The molecule has 0 radical (unpaired) electrons. The molecule has 0 saturated carbocycles. The van der Waals surface area contributed by atoms with Gasteiger partial charge in [0.1, 0.15) is 0 Å². The molecule has 1 atom stereocenters. The molecule has 2 N–H and O–H groups in total. The fourth-order valence-corrected chi connectivity index (χ4v) is 3.17. The zero-order valence-electron chi connectivity index (χ0n) is 15.6. The van der Waals surface area contributed by atoms with Gasteiger partial charge in [-0.25, -0.2) is 0 Å². The van der Waals surface area contributed by atoms with E-state index < -0.39 is 0 Å². The zero-order chi connectivity index (χ0) is 19.2. The third-order valence-electron chi connectivity index (χ3n) is 4.60. The van der Waals surface area contributed by atoms with Gasteiger partial charge in [0.25, 0.3) is 5.91 Å². The number of hydrogen-bond donors (Lipinski definition) is 2. The third kappa shape index (κ3) is 4.93. The Morgan fingerprint density at radius 1 is 1.15 bits per heavy atom. The average Bonchev–Trinajstić information content (AvgIpc) is 3.11. The van der Waals surface area contributed by atoms with Crippen molar-refractivity contribution in [1.29, 1.82) is 0 Å². The Morgan fingerprint density at radius 2 is 1.85 bits per heavy atom. The highest BCUT2D eigenvalue weighted by Gasteiger charge is 2.14. The van der Waals surface area contributed by atoms with E-state index in [-0.39, 0.29) is 11.9 Å². The predicted octanol–water partition coefficient (Wildman–Crippen LogP) is 3.44. The van der Waals surface area contributed by atoms with Gasteiger partial charge in [-0.3, -0.25) is 9.36 Å². The number of amides is 1. The van der Waals surface area contributed by atoms with Crippen LogP contribution in [0.2, 0.25) is 0 Å². The summed E-state index contributed by atoms with van der Waals surface area (Å²) in [6.45, 7) is 0.589. The molecule has 0 aliphatic carbocycles. The van der Waals surface area contributed by atoms with Gasteiger partial charge in [0, 0.05) is 36.2 Å². The topological polar surface area (TPSA) is 53.1 Å². The first-order valence-corrected chi connectivity index (χ1v) is 9.30. The van der Waals surface area contributed by atoms with Gasteiger partial charge in [0.2, 0.25) is 0 Å². The third-order valence-corrected chi connectivity index (χ3v) is 4.91. The second-order valence-electron chi connectivity index (χ2n) is 6.70. The first-order chi connectivity index (χ1) is 13.0. The number of rotatable bonds is 7. The number of aromatic nitrogens is 2. The van der Waals surface area contributed by atoms with Crippen LogP contribution in [0.25, 0.3) is 5.69 Å². The van der Waals surface area contributed by atoms with Crippen molar-refractivity contribution in [1.82, 2.24) is 19.8 Å². The van der Waals surface area contributed by atoms with Gasteiger partial charge in [0.15, 0.2) is 4.77 Å². The second kappa shape index (κ2) is 8.79. The van der Waals surface area contributed by atoms with E-state index in [1.54, 1.807) is 6.20 Å². The van der Waals surface area contributed by atoms with Gasteiger partial charge in [-0.15, -0.1) is 0 Å². The average molecular weight is 381 g/mol. The summed E-state index contributed by atoms with van der Waals surface area (Å²) >= 11 is 5.22. The van der Waals surface area contributed by atoms with Crippen LogP contribution in [-0.4, -0.2) is 47.0 Å². The van der Waals surface area contributed by atoms with Crippen molar-refractivity contribution in [2.45, 2.75) is 12.5 Å². The lowest BCUT2D eigenvalue weighted by Crippen LogP contribution is -2.41. The van der Waals surface area contributed by atoms with Gasteiger partial charge in [0.05, 0.1) is 0 Å². The lowest BCUT2D eigenvalue weighted by molar-refractivity contribution is 0.0941. The summed E-state index contributed by atoms with van der Waals surface area (Å²) in [5.41, 5.74) is 2.82. The molecule has 0 saturated heterocycles. The molecule has 0 spiro atoms. The van der Waals surface area contributed by atoms with Crippen LogP contribution in [0.4, 0.5) is 0 Å². The molecular weight excluding hydrogens is 356 g/mol. The number of nitrogens with zero attached hydrogens (tertiary/aromatic N) is 2. The Bertz CT molecular complexity index is 929. The predicted molar refractivity (Wildman–Crippen MR) is 111 cm³/mol. The molecule has 3 rings (SSSR count). The van der Waals surface area contributed by atoms with Crippen molar-refractivity contribution in [3.8, 4) is 5.69 Å². The van der Waals surface area contributed by atoms with Crippen LogP contribution in [0, 0.1) is 4.77 Å². The highest BCUT2D eigenvalue weighted by Crippen LogP contribution is 2.11. The van der Waals surface area contributed by atoms with Crippen molar-refractivity contribution in [2.24, 2.45) is 0 Å². The van der Waals surface area contributed by atoms with Gasteiger partial charge in [-0.05, 0) is 62.6 Å². The van der Waals surface area contributed by atoms with E-state index >= 15 is 0 Å². The van der Waals surface area contributed by atoms with E-state index in [0.29, 0.717) is 16.9 Å². The Kier molecular flexibility index (Phi) is 6.21. The Hall–Kier alpha value is -2.70. The standard InChI is InChI=1S/C21H24N4OS/c1-24(2)19(14-16-6-4-3-5-7-16)15-23-20(26)17-8-10-18(11-9-17)25-13-12-22-21(25)27/h3-13,19H,14-15H2,1-2H3,(H,22,27)(H,23,26)/t19-/m0/s1. The Balaban J connectivity index is 1.62. The summed E-state index contributed by atoms with van der Waals surface area (Å²) in [4.78, 5) is 17.6. The monoisotopic (exact) mass is 380 g/mol. The Morgan fingerprint density at radius 3 is 2.44 bits per heavy atom. The maximum Gasteiger partial charge on any atom is 0.251 e. The molecule has 27 heavy (non-hydrogen) atoms. The maximum atomic E-state index is 12.5. The number of hydrogen-bond acceptors (Lipinski definition) is 3. The SMILES string of the molecule is CN(C)[C@H](CNC(=O)c1ccc(-n2cc[nH]c2=S)cc1)Cc1ccccc1. The Labute approximate surface area is 164 Å². The molecule has 0 bridgehead atoms. The molecule has 0 unspecified atom stereocenters. The van der Waals surface area contributed by atoms with Crippen LogP contribution in [0.15, 0.2) is 67.0 Å². The van der Waals surface area contributed by atoms with Gasteiger partial charge in [-0.1, -0.05) is 30.3 Å². The van der Waals surface area contributed by atoms with Crippen molar-refractivity contribution in [2.75, 3.05) is 20.6 Å². The van der Waals surface area contributed by atoms with E-state index in [1.807, 2.05) is 67.3 Å². The van der Waals surface area contributed by atoms with E-state index in [0.717, 1.165) is 12.1 Å². The minimum absolute atomic E-state index is 0.0703. The van der Waals surface area contributed by atoms with Crippen molar-refractivity contribution < 1.29 is 4.79 Å². The highest BCUT2D eigenvalue weighted by molar-refractivity contribution is 7.71. The number of aromatic amines is 1. The maximum absolute atomic E-state index is 12.5. The fraction of sp³-hybridized carbons (Fsp3) is 0.238. The van der Waals surface area contributed by atoms with Gasteiger partial charge < -0.3 is 15.2 Å². The lowest BCUT2D eigenvalue weighted by atomic mass is 10.0. The van der Waals surface area contributed by atoms with Gasteiger partial charge in [-0.2, -0.15) is 0 Å². The van der Waals surface area contributed by atoms with E-state index in [1.165, 1.54) is 5.56 Å². The summed E-state index contributed by atoms with van der Waals surface area (Å²) < 4.78 is 2.49. The number of benzene rings is 2. The lowest BCUT2D eigenvalue weighted by Gasteiger charge is -2.24. The highest BCUT2D eigenvalue weighted by atomic mass is 32.1. The molecule has 0 aliphatic heterocycles. The number of carbonyl (C=O) groups is 1. The van der Waals surface area contributed by atoms with Crippen LogP contribution in [0.1, 0.15) is 15.9 Å². The number of nitrogens with one attached hydrogen (secondary N) is 2. The first kappa shape index (κ1) is 19.1. The molecule has 5 nitrogen and oxygen atoms in total. The van der Waals surface area contributed by atoms with Crippen molar-refractivity contribution >= 4 is 18.1 Å². The second-order valence-corrected chi connectivity index (χ2v) is 7.09.